The van der Waals surface area contributed by atoms with Crippen LogP contribution in [-0.2, 0) is 6.42 Å². The van der Waals surface area contributed by atoms with Gasteiger partial charge in [0, 0.05) is 59.9 Å². The zero-order valence-electron chi connectivity index (χ0n) is 26.1. The quantitative estimate of drug-likeness (QED) is 0.133. The maximum Gasteiger partial charge on any atom is 0.301 e. The van der Waals surface area contributed by atoms with Crippen LogP contribution >= 0.6 is 0 Å². The van der Waals surface area contributed by atoms with E-state index in [1.807, 2.05) is 42.5 Å². The van der Waals surface area contributed by atoms with Crippen molar-refractivity contribution in [3.63, 3.8) is 0 Å². The SMILES string of the molecule is N#Cc1ccc2[nH]cc(CCCCN3CCN(c4ccc5oc(C(=O)N(C(=O)c6ccccc6)c6ccccc6)cc5c4)CC3)c2c1. The standard InChI is InChI=1S/C39H35N5O3/c40-26-28-14-16-35-34(23-28)30(27-41-35)11-7-8-18-42-19-21-43(22-20-42)33-15-17-36-31(24-33)25-37(47-36)39(46)44(32-12-5-2-6-13-32)38(45)29-9-3-1-4-10-29/h1-6,9-10,12-17,23-25,27,41H,7-8,11,18-22H2. The highest BCUT2D eigenvalue weighted by atomic mass is 16.3. The lowest BCUT2D eigenvalue weighted by molar-refractivity contribution is 0.0882. The molecular weight excluding hydrogens is 586 g/mol. The minimum absolute atomic E-state index is 0.119. The molecule has 47 heavy (non-hydrogen) atoms. The molecule has 8 nitrogen and oxygen atoms in total. The number of hydrogen-bond donors (Lipinski definition) is 1. The van der Waals surface area contributed by atoms with Gasteiger partial charge >= 0.3 is 5.91 Å². The fraction of sp³-hybridized carbons (Fsp3) is 0.205. The number of H-pyrrole nitrogens is 1. The van der Waals surface area contributed by atoms with Gasteiger partial charge in [-0.25, -0.2) is 4.90 Å². The molecular formula is C39H35N5O3. The van der Waals surface area contributed by atoms with E-state index in [1.54, 1.807) is 54.6 Å². The number of benzene rings is 4. The van der Waals surface area contributed by atoms with Crippen molar-refractivity contribution >= 4 is 45.1 Å². The molecule has 3 heterocycles. The Morgan fingerprint density at radius 3 is 2.36 bits per heavy atom. The summed E-state index contributed by atoms with van der Waals surface area (Å²) in [5.74, 6) is -0.797. The van der Waals surface area contributed by atoms with E-state index in [1.165, 1.54) is 10.5 Å². The molecule has 0 radical (unpaired) electrons. The average Bonchev–Trinajstić information content (AvgIpc) is 3.75. The second-order valence-electron chi connectivity index (χ2n) is 12.0. The van der Waals surface area contributed by atoms with E-state index in [2.05, 4.69) is 33.1 Å². The Balaban J connectivity index is 0.971. The van der Waals surface area contributed by atoms with Crippen molar-refractivity contribution in [1.29, 1.82) is 5.26 Å². The van der Waals surface area contributed by atoms with Gasteiger partial charge in [0.25, 0.3) is 5.91 Å². The Labute approximate surface area is 273 Å². The number of rotatable bonds is 9. The van der Waals surface area contributed by atoms with Crippen LogP contribution in [0.3, 0.4) is 0 Å². The molecule has 4 aromatic carbocycles. The normalized spacial score (nSPS) is 13.6. The number of aromatic nitrogens is 1. The van der Waals surface area contributed by atoms with Gasteiger partial charge in [-0.2, -0.15) is 5.26 Å². The minimum Gasteiger partial charge on any atom is -0.451 e. The summed E-state index contributed by atoms with van der Waals surface area (Å²) in [6.07, 6.45) is 5.29. The molecule has 0 aliphatic carbocycles. The van der Waals surface area contributed by atoms with Crippen LogP contribution in [0.15, 0.2) is 114 Å². The fourth-order valence-corrected chi connectivity index (χ4v) is 6.39. The molecule has 1 N–H and O–H groups in total. The van der Waals surface area contributed by atoms with Gasteiger partial charge < -0.3 is 14.3 Å². The molecule has 0 spiro atoms. The lowest BCUT2D eigenvalue weighted by Crippen LogP contribution is -2.46. The van der Waals surface area contributed by atoms with E-state index < -0.39 is 11.8 Å². The summed E-state index contributed by atoms with van der Waals surface area (Å²) in [5, 5.41) is 11.2. The van der Waals surface area contributed by atoms with E-state index >= 15 is 0 Å². The number of aromatic amines is 1. The molecule has 1 fully saturated rings. The molecule has 2 amide bonds. The second-order valence-corrected chi connectivity index (χ2v) is 12.0. The zero-order valence-corrected chi connectivity index (χ0v) is 26.1. The molecule has 0 unspecified atom stereocenters. The number of nitriles is 1. The number of amides is 2. The fourth-order valence-electron chi connectivity index (χ4n) is 6.39. The number of carbonyl (C=O) groups is 2. The summed E-state index contributed by atoms with van der Waals surface area (Å²) < 4.78 is 6.01. The van der Waals surface area contributed by atoms with Crippen LogP contribution in [0.5, 0.6) is 0 Å². The number of nitrogens with zero attached hydrogens (tertiary/aromatic N) is 4. The first-order valence-corrected chi connectivity index (χ1v) is 16.1. The van der Waals surface area contributed by atoms with Crippen LogP contribution < -0.4 is 9.80 Å². The highest BCUT2D eigenvalue weighted by Gasteiger charge is 2.28. The maximum atomic E-state index is 13.8. The third kappa shape index (κ3) is 6.39. The van der Waals surface area contributed by atoms with E-state index in [4.69, 9.17) is 4.42 Å². The average molecular weight is 622 g/mol. The number of furan rings is 1. The van der Waals surface area contributed by atoms with Crippen LogP contribution in [0, 0.1) is 11.3 Å². The van der Waals surface area contributed by atoms with Crippen molar-refractivity contribution in [2.24, 2.45) is 0 Å². The van der Waals surface area contributed by atoms with Crippen LogP contribution in [0.4, 0.5) is 11.4 Å². The lowest BCUT2D eigenvalue weighted by Gasteiger charge is -2.36. The zero-order chi connectivity index (χ0) is 32.2. The van der Waals surface area contributed by atoms with E-state index in [9.17, 15) is 14.9 Å². The Kier molecular flexibility index (Phi) is 8.54. The Hall–Kier alpha value is -5.65. The molecule has 0 saturated carbocycles. The number of anilines is 2. The highest BCUT2D eigenvalue weighted by molar-refractivity contribution is 6.25. The number of carbonyl (C=O) groups excluding carboxylic acids is 2. The van der Waals surface area contributed by atoms with Gasteiger partial charge in [-0.05, 0) is 98.1 Å². The Morgan fingerprint density at radius 1 is 0.830 bits per heavy atom. The van der Waals surface area contributed by atoms with Crippen LogP contribution in [0.25, 0.3) is 21.9 Å². The summed E-state index contributed by atoms with van der Waals surface area (Å²) in [7, 11) is 0. The van der Waals surface area contributed by atoms with Crippen LogP contribution in [-0.4, -0.2) is 54.4 Å². The molecule has 234 valence electrons. The molecule has 1 aliphatic heterocycles. The summed E-state index contributed by atoms with van der Waals surface area (Å²) in [4.78, 5) is 36.7. The summed E-state index contributed by atoms with van der Waals surface area (Å²) >= 11 is 0. The Bertz CT molecular complexity index is 2070. The number of aryl methyl sites for hydroxylation is 1. The van der Waals surface area contributed by atoms with Gasteiger partial charge in [0.1, 0.15) is 5.58 Å². The van der Waals surface area contributed by atoms with Crippen LogP contribution in [0.1, 0.15) is 44.9 Å². The van der Waals surface area contributed by atoms with Crippen molar-refractivity contribution in [3.05, 3.63) is 132 Å². The van der Waals surface area contributed by atoms with Gasteiger partial charge in [-0.3, -0.25) is 14.5 Å². The molecule has 1 aliphatic rings. The Morgan fingerprint density at radius 2 is 1.60 bits per heavy atom. The van der Waals surface area contributed by atoms with Crippen LogP contribution in [0.2, 0.25) is 0 Å². The summed E-state index contributed by atoms with van der Waals surface area (Å²) in [5.41, 5.74) is 5.66. The topological polar surface area (TPSA) is 96.6 Å². The smallest absolute Gasteiger partial charge is 0.301 e. The first-order valence-electron chi connectivity index (χ1n) is 16.1. The minimum atomic E-state index is -0.506. The highest BCUT2D eigenvalue weighted by Crippen LogP contribution is 2.29. The van der Waals surface area contributed by atoms with Gasteiger partial charge in [0.05, 0.1) is 17.3 Å². The third-order valence-corrected chi connectivity index (χ3v) is 8.96. The van der Waals surface area contributed by atoms with Crippen molar-refractivity contribution in [2.75, 3.05) is 42.5 Å². The van der Waals surface area contributed by atoms with Crippen molar-refractivity contribution in [2.45, 2.75) is 19.3 Å². The number of unbranched alkanes of at least 4 members (excludes halogenated alkanes) is 1. The number of nitrogens with one attached hydrogen (secondary N) is 1. The largest absolute Gasteiger partial charge is 0.451 e. The van der Waals surface area contributed by atoms with Gasteiger partial charge in [0.15, 0.2) is 5.76 Å². The first kappa shape index (κ1) is 30.0. The predicted molar refractivity (Wildman–Crippen MR) is 185 cm³/mol. The van der Waals surface area contributed by atoms with Gasteiger partial charge in [0.2, 0.25) is 0 Å². The lowest BCUT2D eigenvalue weighted by atomic mass is 10.1. The molecule has 7 rings (SSSR count). The van der Waals surface area contributed by atoms with Crippen molar-refractivity contribution in [3.8, 4) is 6.07 Å². The van der Waals surface area contributed by atoms with Gasteiger partial charge in [-0.15, -0.1) is 0 Å². The predicted octanol–water partition coefficient (Wildman–Crippen LogP) is 7.42. The molecule has 6 aromatic rings. The van der Waals surface area contributed by atoms with E-state index in [-0.39, 0.29) is 5.76 Å². The maximum absolute atomic E-state index is 13.8. The number of piperazine rings is 1. The molecule has 0 atom stereocenters. The number of para-hydroxylation sites is 1. The number of imide groups is 1. The monoisotopic (exact) mass is 621 g/mol. The molecule has 8 heteroatoms. The summed E-state index contributed by atoms with van der Waals surface area (Å²) in [6, 6.07) is 33.5. The van der Waals surface area contributed by atoms with Gasteiger partial charge in [-0.1, -0.05) is 36.4 Å². The molecule has 1 saturated heterocycles. The number of hydrogen-bond acceptors (Lipinski definition) is 6. The molecule has 2 aromatic heterocycles. The second kappa shape index (κ2) is 13.4. The number of fused-ring (bicyclic) bond motifs is 2. The van der Waals surface area contributed by atoms with E-state index in [0.717, 1.165) is 74.0 Å². The molecule has 0 bridgehead atoms. The third-order valence-electron chi connectivity index (χ3n) is 8.96. The van der Waals surface area contributed by atoms with Crippen molar-refractivity contribution in [1.82, 2.24) is 9.88 Å². The van der Waals surface area contributed by atoms with E-state index in [0.29, 0.717) is 22.4 Å². The van der Waals surface area contributed by atoms with Crippen molar-refractivity contribution < 1.29 is 14.0 Å². The summed E-state index contributed by atoms with van der Waals surface area (Å²) in [6.45, 7) is 4.87. The first-order chi connectivity index (χ1) is 23.1.